The number of rotatable bonds is 4. The third kappa shape index (κ3) is 2.89. The molecular formula is C17H21N3O. The second kappa shape index (κ2) is 5.95. The first kappa shape index (κ1) is 15.0. The van der Waals surface area contributed by atoms with Gasteiger partial charge in [-0.05, 0) is 44.0 Å². The second-order valence-corrected chi connectivity index (χ2v) is 5.32. The summed E-state index contributed by atoms with van der Waals surface area (Å²) in [4.78, 5) is 12.5. The zero-order chi connectivity index (χ0) is 15.6. The van der Waals surface area contributed by atoms with Crippen LogP contribution in [0.3, 0.4) is 0 Å². The number of hydrogen-bond acceptors (Lipinski definition) is 2. The molecule has 0 radical (unpaired) electrons. The van der Waals surface area contributed by atoms with Crippen LogP contribution in [0.2, 0.25) is 0 Å². The van der Waals surface area contributed by atoms with Crippen molar-refractivity contribution in [2.45, 2.75) is 33.7 Å². The first-order valence-corrected chi connectivity index (χ1v) is 7.11. The zero-order valence-electron chi connectivity index (χ0n) is 12.7. The van der Waals surface area contributed by atoms with Crippen LogP contribution >= 0.6 is 0 Å². The molecule has 0 bridgehead atoms. The lowest BCUT2D eigenvalue weighted by Crippen LogP contribution is -2.30. The molecule has 21 heavy (non-hydrogen) atoms. The molecule has 0 aliphatic heterocycles. The fraction of sp³-hybridized carbons (Fsp3) is 0.294. The van der Waals surface area contributed by atoms with E-state index < -0.39 is 0 Å². The highest BCUT2D eigenvalue weighted by Crippen LogP contribution is 2.24. The molecule has 110 valence electrons. The van der Waals surface area contributed by atoms with Crippen LogP contribution in [0.5, 0.6) is 0 Å². The lowest BCUT2D eigenvalue weighted by Gasteiger charge is -2.16. The summed E-state index contributed by atoms with van der Waals surface area (Å²) < 4.78 is 1.72. The minimum Gasteiger partial charge on any atom is -0.384 e. The molecule has 4 nitrogen and oxygen atoms in total. The standard InChI is InChI=1S/C17H21N3O/c1-4-9-20-15(8-7-13(16(18)19)17(20)21)14-10-11(2)5-6-12(14)3/h5-8,10H,4,9H2,1-3H3,(H3,18,19). The monoisotopic (exact) mass is 283 g/mol. The molecule has 1 heterocycles. The van der Waals surface area contributed by atoms with Gasteiger partial charge >= 0.3 is 0 Å². The van der Waals surface area contributed by atoms with Gasteiger partial charge in [-0.2, -0.15) is 0 Å². The number of benzene rings is 1. The third-order valence-corrected chi connectivity index (χ3v) is 3.58. The van der Waals surface area contributed by atoms with Gasteiger partial charge in [0, 0.05) is 12.1 Å². The van der Waals surface area contributed by atoms with Crippen molar-refractivity contribution in [1.82, 2.24) is 4.57 Å². The first-order chi connectivity index (χ1) is 9.95. The van der Waals surface area contributed by atoms with Crippen molar-refractivity contribution >= 4 is 5.84 Å². The van der Waals surface area contributed by atoms with E-state index in [-0.39, 0.29) is 17.0 Å². The summed E-state index contributed by atoms with van der Waals surface area (Å²) in [5, 5.41) is 7.52. The van der Waals surface area contributed by atoms with Crippen molar-refractivity contribution in [1.29, 1.82) is 5.41 Å². The van der Waals surface area contributed by atoms with Gasteiger partial charge in [-0.25, -0.2) is 0 Å². The minimum absolute atomic E-state index is 0.183. The average Bonchev–Trinajstić information content (AvgIpc) is 2.43. The van der Waals surface area contributed by atoms with Gasteiger partial charge in [0.15, 0.2) is 0 Å². The summed E-state index contributed by atoms with van der Waals surface area (Å²) in [6, 6.07) is 9.74. The van der Waals surface area contributed by atoms with Gasteiger partial charge in [-0.1, -0.05) is 24.6 Å². The molecule has 0 unspecified atom stereocenters. The Labute approximate surface area is 124 Å². The van der Waals surface area contributed by atoms with Gasteiger partial charge in [0.1, 0.15) is 5.84 Å². The number of aromatic nitrogens is 1. The Morgan fingerprint density at radius 1 is 1.24 bits per heavy atom. The SMILES string of the molecule is CCCn1c(-c2cc(C)ccc2C)ccc(C(=N)N)c1=O. The van der Waals surface area contributed by atoms with Crippen LogP contribution in [0.4, 0.5) is 0 Å². The third-order valence-electron chi connectivity index (χ3n) is 3.58. The van der Waals surface area contributed by atoms with Gasteiger partial charge in [-0.3, -0.25) is 10.2 Å². The minimum atomic E-state index is -0.192. The van der Waals surface area contributed by atoms with E-state index in [2.05, 4.69) is 18.2 Å². The summed E-state index contributed by atoms with van der Waals surface area (Å²) >= 11 is 0. The van der Waals surface area contributed by atoms with Crippen LogP contribution in [0.25, 0.3) is 11.3 Å². The maximum atomic E-state index is 12.5. The molecule has 1 aromatic heterocycles. The summed E-state index contributed by atoms with van der Waals surface area (Å²) in [7, 11) is 0. The van der Waals surface area contributed by atoms with Gasteiger partial charge in [0.05, 0.1) is 11.3 Å². The molecule has 2 aromatic rings. The Balaban J connectivity index is 2.74. The molecule has 4 heteroatoms. The normalized spacial score (nSPS) is 10.6. The number of nitrogens with zero attached hydrogens (tertiary/aromatic N) is 1. The molecule has 3 N–H and O–H groups in total. The van der Waals surface area contributed by atoms with E-state index in [1.54, 1.807) is 10.6 Å². The highest BCUT2D eigenvalue weighted by atomic mass is 16.1. The van der Waals surface area contributed by atoms with E-state index in [0.717, 1.165) is 28.8 Å². The first-order valence-electron chi connectivity index (χ1n) is 7.11. The van der Waals surface area contributed by atoms with Crippen LogP contribution in [0, 0.1) is 19.3 Å². The largest absolute Gasteiger partial charge is 0.384 e. The fourth-order valence-electron chi connectivity index (χ4n) is 2.48. The molecular weight excluding hydrogens is 262 g/mol. The summed E-state index contributed by atoms with van der Waals surface area (Å²) in [6.45, 7) is 6.71. The number of hydrogen-bond donors (Lipinski definition) is 2. The van der Waals surface area contributed by atoms with Crippen molar-refractivity contribution < 1.29 is 0 Å². The van der Waals surface area contributed by atoms with Gasteiger partial charge in [-0.15, -0.1) is 0 Å². The van der Waals surface area contributed by atoms with Crippen LogP contribution in [0.15, 0.2) is 35.1 Å². The molecule has 0 saturated heterocycles. The maximum absolute atomic E-state index is 12.5. The number of aryl methyl sites for hydroxylation is 2. The zero-order valence-corrected chi connectivity index (χ0v) is 12.7. The number of nitrogen functional groups attached to an aromatic ring is 1. The Bertz CT molecular complexity index is 744. The van der Waals surface area contributed by atoms with E-state index in [0.29, 0.717) is 6.54 Å². The molecule has 0 amide bonds. The van der Waals surface area contributed by atoms with Crippen molar-refractivity contribution in [2.24, 2.45) is 5.73 Å². The Morgan fingerprint density at radius 3 is 2.57 bits per heavy atom. The Hall–Kier alpha value is -2.36. The summed E-state index contributed by atoms with van der Waals surface area (Å²) in [6.07, 6.45) is 0.846. The molecule has 0 aliphatic rings. The van der Waals surface area contributed by atoms with Gasteiger partial charge in [0.2, 0.25) is 0 Å². The molecule has 2 rings (SSSR count). The highest BCUT2D eigenvalue weighted by Gasteiger charge is 2.13. The van der Waals surface area contributed by atoms with E-state index in [1.165, 1.54) is 0 Å². The number of nitrogens with one attached hydrogen (secondary N) is 1. The predicted molar refractivity (Wildman–Crippen MR) is 86.9 cm³/mol. The van der Waals surface area contributed by atoms with Gasteiger partial charge in [0.25, 0.3) is 5.56 Å². The average molecular weight is 283 g/mol. The van der Waals surface area contributed by atoms with Crippen LogP contribution in [-0.4, -0.2) is 10.4 Å². The number of amidine groups is 1. The van der Waals surface area contributed by atoms with Crippen molar-refractivity contribution in [2.75, 3.05) is 0 Å². The molecule has 0 saturated carbocycles. The van der Waals surface area contributed by atoms with Crippen LogP contribution < -0.4 is 11.3 Å². The Morgan fingerprint density at radius 2 is 1.95 bits per heavy atom. The van der Waals surface area contributed by atoms with Crippen molar-refractivity contribution in [3.8, 4) is 11.3 Å². The van der Waals surface area contributed by atoms with E-state index in [4.69, 9.17) is 11.1 Å². The van der Waals surface area contributed by atoms with Crippen molar-refractivity contribution in [3.63, 3.8) is 0 Å². The molecule has 0 atom stereocenters. The summed E-state index contributed by atoms with van der Waals surface area (Å²) in [5.41, 5.74) is 9.78. The summed E-state index contributed by atoms with van der Waals surface area (Å²) in [5.74, 6) is -0.183. The predicted octanol–water partition coefficient (Wildman–Crippen LogP) is 2.83. The number of pyridine rings is 1. The lowest BCUT2D eigenvalue weighted by atomic mass is 10.0. The quantitative estimate of drug-likeness (QED) is 0.669. The van der Waals surface area contributed by atoms with Crippen molar-refractivity contribution in [3.05, 3.63) is 57.4 Å². The lowest BCUT2D eigenvalue weighted by molar-refractivity contribution is 0.659. The maximum Gasteiger partial charge on any atom is 0.262 e. The molecule has 0 fully saturated rings. The smallest absolute Gasteiger partial charge is 0.262 e. The number of nitrogens with two attached hydrogens (primary N) is 1. The van der Waals surface area contributed by atoms with Gasteiger partial charge < -0.3 is 10.3 Å². The molecule has 0 spiro atoms. The topological polar surface area (TPSA) is 71.9 Å². The van der Waals surface area contributed by atoms with E-state index in [1.807, 2.05) is 26.8 Å². The second-order valence-electron chi connectivity index (χ2n) is 5.32. The van der Waals surface area contributed by atoms with E-state index in [9.17, 15) is 4.79 Å². The van der Waals surface area contributed by atoms with Crippen LogP contribution in [0.1, 0.15) is 30.0 Å². The fourth-order valence-corrected chi connectivity index (χ4v) is 2.48. The molecule has 1 aromatic carbocycles. The van der Waals surface area contributed by atoms with E-state index >= 15 is 0 Å². The highest BCUT2D eigenvalue weighted by molar-refractivity contribution is 5.94. The Kier molecular flexibility index (Phi) is 4.26. The van der Waals surface area contributed by atoms with Crippen LogP contribution in [-0.2, 0) is 6.54 Å². The molecule has 0 aliphatic carbocycles.